The van der Waals surface area contributed by atoms with Crippen LogP contribution in [0.4, 0.5) is 52.7 Å². The number of phenols is 2. The number of carbonyl (C=O) groups excluding carboxylic acids is 13. The van der Waals surface area contributed by atoms with Gasteiger partial charge in [-0.1, -0.05) is 133 Å². The minimum atomic E-state index is -4.30. The molecule has 27 nitrogen and oxygen atoms in total. The maximum atomic E-state index is 14.4. The molecule has 0 aliphatic heterocycles. The van der Waals surface area contributed by atoms with E-state index in [1.807, 2.05) is 149 Å². The van der Waals surface area contributed by atoms with E-state index in [0.717, 1.165) is 67.6 Å². The van der Waals surface area contributed by atoms with Crippen molar-refractivity contribution in [1.82, 2.24) is 0 Å². The number of aliphatic carboxylic acids is 6. The third kappa shape index (κ3) is 32.7. The van der Waals surface area contributed by atoms with Gasteiger partial charge in [-0.2, -0.15) is 52.7 Å². The van der Waals surface area contributed by atoms with E-state index in [1.165, 1.54) is 48.5 Å². The van der Waals surface area contributed by atoms with Crippen molar-refractivity contribution in [2.45, 2.75) is 304 Å². The molecule has 8 unspecified atom stereocenters. The minimum Gasteiger partial charge on any atom is -0.544 e. The maximum Gasteiger partial charge on any atom is 0.342 e. The molecule has 8 atom stereocenters. The van der Waals surface area contributed by atoms with Gasteiger partial charge >= 0.3 is 71.4 Å². The van der Waals surface area contributed by atoms with Gasteiger partial charge in [0.05, 0.1) is 25.7 Å². The molecule has 0 aromatic heterocycles. The number of phenolic OH excluding ortho intramolecular Hbond substituents is 2. The predicted molar refractivity (Wildman–Crippen MR) is 545 cm³/mol. The largest absolute Gasteiger partial charge is 0.544 e. The van der Waals surface area contributed by atoms with E-state index in [2.05, 4.69) is 0 Å². The highest BCUT2D eigenvalue weighted by atomic mass is 127. The van der Waals surface area contributed by atoms with Crippen LogP contribution in [0.5, 0.6) is 11.5 Å². The number of ketones is 1. The molecule has 10 fully saturated rings. The molecule has 810 valence electrons. The van der Waals surface area contributed by atoms with Crippen LogP contribution >= 0.6 is 158 Å². The summed E-state index contributed by atoms with van der Waals surface area (Å²) in [7, 11) is 0. The fourth-order valence-electron chi connectivity index (χ4n) is 20.6. The normalized spacial score (nSPS) is 21.0. The van der Waals surface area contributed by atoms with E-state index in [-0.39, 0.29) is 57.1 Å². The minimum absolute atomic E-state index is 0.111. The Balaban J connectivity index is 0.000000196. The van der Waals surface area contributed by atoms with E-state index < -0.39 is 190 Å². The van der Waals surface area contributed by atoms with Crippen molar-refractivity contribution in [2.24, 2.45) is 58.7 Å². The molecule has 0 heterocycles. The van der Waals surface area contributed by atoms with Crippen LogP contribution in [-0.4, -0.2) is 160 Å². The molecular weight excluding hydrogens is 2760 g/mol. The lowest BCUT2D eigenvalue weighted by atomic mass is 9.49. The molecule has 0 spiro atoms. The van der Waals surface area contributed by atoms with Gasteiger partial charge < -0.3 is 98.0 Å². The topological polar surface area (TPSA) is 456 Å². The molecule has 10 aliphatic rings. The third-order valence-corrected chi connectivity index (χ3v) is 34.6. The summed E-state index contributed by atoms with van der Waals surface area (Å²) < 4.78 is 204. The molecule has 0 radical (unpaired) electrons. The Labute approximate surface area is 934 Å². The molecule has 0 saturated heterocycles. The Morgan fingerprint density at radius 3 is 0.891 bits per heavy atom. The Morgan fingerprint density at radius 1 is 0.320 bits per heavy atom. The fourth-order valence-corrected chi connectivity index (χ4v) is 25.7. The highest BCUT2D eigenvalue weighted by molar-refractivity contribution is 14.1. The highest BCUT2D eigenvalue weighted by Gasteiger charge is 2.62. The predicted octanol–water partition coefficient (Wildman–Crippen LogP) is 17.1. The van der Waals surface area contributed by atoms with Crippen molar-refractivity contribution in [3.05, 3.63) is 149 Å². The number of aryl methyl sites for hydroxylation is 1. The summed E-state index contributed by atoms with van der Waals surface area (Å²) in [6.07, 6.45) is 8.94. The number of aromatic hydroxyl groups is 2. The number of alkyl halides is 12. The first-order valence-electron chi connectivity index (χ1n) is 47.9. The maximum absolute atomic E-state index is 14.4. The van der Waals surface area contributed by atoms with Crippen molar-refractivity contribution in [3.63, 3.8) is 0 Å². The quantitative estimate of drug-likeness (QED) is 0.0142. The van der Waals surface area contributed by atoms with Crippen LogP contribution in [0, 0.1) is 90.6 Å². The summed E-state index contributed by atoms with van der Waals surface area (Å²) in [5.41, 5.74) is -0.161. The number of esters is 6. The molecule has 0 amide bonds. The lowest BCUT2D eigenvalue weighted by molar-refractivity contribution is -0.339. The number of halogens is 19. The Bertz CT molecular complexity index is 5240. The van der Waals surface area contributed by atoms with Crippen molar-refractivity contribution in [2.75, 3.05) is 0 Å². The van der Waals surface area contributed by atoms with E-state index in [9.17, 15) is 156 Å². The van der Waals surface area contributed by atoms with E-state index in [1.54, 1.807) is 59.0 Å². The second-order valence-electron chi connectivity index (χ2n) is 38.4. The fraction of sp³-hybridized carbons (Fsp3) is 0.574. The SMILES string of the molecule is Cc1ccc(C(=O)OC(C2CCCCC2)C(F)(F)C(=O)[O-])cc1.O=C(OC(C1CCCCC1)C(F)(F)C(=O)[O-])c1cc(I)cc(I)c1I.O=C(OC(C1CCCCC1)C(F)(F)C(=O)[O-])c1cc(I)cc(I)c1O.O=C(OC(C1CCCCC1)C(F)(F)C(=O)[O-])c1cc(I)ccc1O.O=C(OC(C1CCCCC1)C(F)(F)C(=O)[O-])c1ccc(I)cc1.O=C1C2CC3CC1CC(C(=O)OC(C1CCCCC1)C(F)(F)C(=O)[O-])(C3)C2. The second kappa shape index (κ2) is 54.9. The van der Waals surface area contributed by atoms with Crippen LogP contribution in [0.1, 0.15) is 282 Å². The van der Waals surface area contributed by atoms with Crippen LogP contribution in [-0.2, 0) is 66.8 Å². The summed E-state index contributed by atoms with van der Waals surface area (Å²) in [5, 5.41) is 85.1. The molecule has 10 aliphatic carbocycles. The van der Waals surface area contributed by atoms with Gasteiger partial charge in [0.1, 0.15) is 64.2 Å². The monoisotopic (exact) mass is 2870 g/mol. The van der Waals surface area contributed by atoms with E-state index in [4.69, 9.17) is 28.4 Å². The number of rotatable bonds is 30. The average Bonchev–Trinajstić information content (AvgIpc) is 0.723. The standard InChI is InChI=1S/C20H26F2O5.C17H20F2O4.C16H15F2I3O4.C16H16F2I2O5.C16H17F2IO5.C16H17F2IO4/c21-20(22,17(24)25)16(12-4-2-1-3-5-12)27-18(26)19-8-11-6-13(9-19)15(23)14(7-11)10-19;1-11-7-9-13(10-8-11)15(20)23-14(17(18,19)16(21)22)12-5-3-2-4-6-12;2*17-16(18,15(23)24)13(8-4-2-1-3-5-8)25-14(22)10-6-9(19)7-11(20)12(10)21;17-16(18,15(22)23)13(9-4-2-1-3-5-9)24-14(21)11-8-10(19)6-7-12(11)20;17-16(18,15(21)22)13(10-4-2-1-3-5-10)23-14(20)11-6-8-12(19)9-7-11/h11-14,16H,1-10H2,(H,24,25);7-10,12,14H,2-6H2,1H3,(H,21,22);6-8,13H,1-5H2,(H,23,24);6-8,13,21H,1-5H2,(H,23,24);6-9,13,20H,1-5H2,(H,22,23);6-10,13H,1-5H2,(H,21,22)/p-6. The van der Waals surface area contributed by atoms with Crippen molar-refractivity contribution >= 4 is 236 Å². The Hall–Kier alpha value is -6.72. The molecular formula is C101H105F12I7O27-6. The number of Topliss-reactive ketones (excluding diaryl/α,β-unsaturated/α-hetero) is 1. The molecule has 10 saturated carbocycles. The average molecular weight is 2870 g/mol. The molecule has 15 rings (SSSR count). The first-order chi connectivity index (χ1) is 68.9. The van der Waals surface area contributed by atoms with E-state index >= 15 is 0 Å². The number of hydrogen-bond acceptors (Lipinski definition) is 27. The zero-order valence-electron chi connectivity index (χ0n) is 78.9. The number of carbonyl (C=O) groups is 13. The number of carboxylic acid groups (broad SMARTS) is 6. The smallest absolute Gasteiger partial charge is 0.342 e. The zero-order valence-corrected chi connectivity index (χ0v) is 94.0. The molecule has 147 heavy (non-hydrogen) atoms. The summed E-state index contributed by atoms with van der Waals surface area (Å²) in [4.78, 5) is 152. The third-order valence-electron chi connectivity index (χ3n) is 28.1. The van der Waals surface area contributed by atoms with Crippen LogP contribution in [0.2, 0.25) is 0 Å². The summed E-state index contributed by atoms with van der Waals surface area (Å²) in [6.45, 7) is 1.82. The van der Waals surface area contributed by atoms with Gasteiger partial charge in [0.15, 0.2) is 36.6 Å². The number of benzene rings is 5. The molecule has 5 aromatic rings. The van der Waals surface area contributed by atoms with Gasteiger partial charge in [0.25, 0.3) is 0 Å². The number of carboxylic acids is 6. The van der Waals surface area contributed by atoms with Crippen LogP contribution in [0.15, 0.2) is 91.0 Å². The van der Waals surface area contributed by atoms with Gasteiger partial charge in [-0.15, -0.1) is 0 Å². The van der Waals surface area contributed by atoms with E-state index in [0.29, 0.717) is 188 Å². The van der Waals surface area contributed by atoms with Gasteiger partial charge in [-0.05, 0) is 359 Å². The first kappa shape index (κ1) is 124. The Kier molecular flexibility index (Phi) is 46.2. The van der Waals surface area contributed by atoms with Crippen molar-refractivity contribution in [3.8, 4) is 11.5 Å². The number of ether oxygens (including phenoxy) is 6. The van der Waals surface area contributed by atoms with Gasteiger partial charge in [-0.3, -0.25) is 9.59 Å². The number of hydrogen-bond donors (Lipinski definition) is 2. The lowest BCUT2D eigenvalue weighted by Crippen LogP contribution is -2.58. The van der Waals surface area contributed by atoms with Crippen LogP contribution in [0.3, 0.4) is 0 Å². The first-order valence-corrected chi connectivity index (χ1v) is 55.4. The van der Waals surface area contributed by atoms with Crippen molar-refractivity contribution < 1.29 is 184 Å². The molecule has 2 N–H and O–H groups in total. The van der Waals surface area contributed by atoms with Gasteiger partial charge in [0.2, 0.25) is 0 Å². The van der Waals surface area contributed by atoms with Crippen LogP contribution < -0.4 is 30.6 Å². The molecule has 46 heteroatoms. The molecule has 4 bridgehead atoms. The summed E-state index contributed by atoms with van der Waals surface area (Å²) >= 11 is 13.6. The highest BCUT2D eigenvalue weighted by Crippen LogP contribution is 2.60. The Morgan fingerprint density at radius 2 is 0.578 bits per heavy atom. The van der Waals surface area contributed by atoms with Gasteiger partial charge in [-0.25, -0.2) is 24.0 Å². The lowest BCUT2D eigenvalue weighted by Gasteiger charge is -2.54. The molecule has 5 aromatic carbocycles. The van der Waals surface area contributed by atoms with Crippen molar-refractivity contribution in [1.29, 1.82) is 0 Å². The van der Waals surface area contributed by atoms with Gasteiger partial charge in [0, 0.05) is 68.8 Å². The second-order valence-corrected chi connectivity index (χ2v) is 46.8. The summed E-state index contributed by atoms with van der Waals surface area (Å²) in [6, 6.07) is 22.8. The zero-order chi connectivity index (χ0) is 109. The summed E-state index contributed by atoms with van der Waals surface area (Å²) in [5.74, 6) is -51.5. The van der Waals surface area contributed by atoms with Crippen LogP contribution in [0.25, 0.3) is 0 Å².